The molecule has 3 rings (SSSR count). The van der Waals surface area contributed by atoms with E-state index in [0.29, 0.717) is 16.9 Å². The van der Waals surface area contributed by atoms with Gasteiger partial charge in [0.25, 0.3) is 5.91 Å². The van der Waals surface area contributed by atoms with Gasteiger partial charge in [-0.2, -0.15) is 0 Å². The zero-order chi connectivity index (χ0) is 18.0. The Labute approximate surface area is 145 Å². The van der Waals surface area contributed by atoms with Gasteiger partial charge in [0.2, 0.25) is 5.91 Å². The second-order valence-corrected chi connectivity index (χ2v) is 5.81. The molecule has 3 aromatic rings. The third-order valence-corrected chi connectivity index (χ3v) is 3.80. The van der Waals surface area contributed by atoms with Gasteiger partial charge < -0.3 is 10.6 Å². The fourth-order valence-corrected chi connectivity index (χ4v) is 2.42. The van der Waals surface area contributed by atoms with Crippen LogP contribution in [0.25, 0.3) is 11.0 Å². The Morgan fingerprint density at radius 3 is 2.04 bits per heavy atom. The first-order valence-electron chi connectivity index (χ1n) is 7.86. The van der Waals surface area contributed by atoms with Crippen molar-refractivity contribution in [3.8, 4) is 0 Å². The predicted molar refractivity (Wildman–Crippen MR) is 97.7 cm³/mol. The lowest BCUT2D eigenvalue weighted by Gasteiger charge is -2.08. The van der Waals surface area contributed by atoms with Crippen molar-refractivity contribution in [3.05, 3.63) is 59.4 Å². The van der Waals surface area contributed by atoms with Gasteiger partial charge >= 0.3 is 0 Å². The van der Waals surface area contributed by atoms with E-state index in [4.69, 9.17) is 0 Å². The lowest BCUT2D eigenvalue weighted by atomic mass is 10.2. The van der Waals surface area contributed by atoms with Gasteiger partial charge in [-0.3, -0.25) is 9.59 Å². The number of benzene rings is 2. The smallest absolute Gasteiger partial charge is 0.255 e. The molecular formula is C19H18N4O2. The highest BCUT2D eigenvalue weighted by atomic mass is 16.2. The van der Waals surface area contributed by atoms with Gasteiger partial charge in [0, 0.05) is 23.9 Å². The monoisotopic (exact) mass is 334 g/mol. The molecule has 0 unspecified atom stereocenters. The highest BCUT2D eigenvalue weighted by molar-refractivity contribution is 6.05. The Morgan fingerprint density at radius 1 is 0.800 bits per heavy atom. The Morgan fingerprint density at radius 2 is 1.40 bits per heavy atom. The molecule has 0 aliphatic rings. The van der Waals surface area contributed by atoms with Crippen molar-refractivity contribution in [1.29, 1.82) is 0 Å². The van der Waals surface area contributed by atoms with E-state index in [1.54, 1.807) is 36.4 Å². The van der Waals surface area contributed by atoms with Crippen LogP contribution in [-0.2, 0) is 4.79 Å². The molecule has 0 fully saturated rings. The number of carbonyl (C=O) groups is 2. The molecule has 0 aliphatic heterocycles. The molecule has 0 bridgehead atoms. The van der Waals surface area contributed by atoms with Crippen LogP contribution in [0.4, 0.5) is 11.4 Å². The number of hydrogen-bond donors (Lipinski definition) is 2. The number of carbonyl (C=O) groups excluding carboxylic acids is 2. The fourth-order valence-electron chi connectivity index (χ4n) is 2.42. The molecule has 0 atom stereocenters. The van der Waals surface area contributed by atoms with Gasteiger partial charge in [-0.25, -0.2) is 9.97 Å². The highest BCUT2D eigenvalue weighted by Gasteiger charge is 2.08. The molecule has 0 radical (unpaired) electrons. The largest absolute Gasteiger partial charge is 0.326 e. The second kappa shape index (κ2) is 6.68. The summed E-state index contributed by atoms with van der Waals surface area (Å²) in [5.41, 5.74) is 5.09. The average Bonchev–Trinajstić information content (AvgIpc) is 2.56. The van der Waals surface area contributed by atoms with Crippen LogP contribution in [0.2, 0.25) is 0 Å². The number of nitrogens with zero attached hydrogens (tertiary/aromatic N) is 2. The Kier molecular flexibility index (Phi) is 4.43. The number of rotatable bonds is 3. The molecule has 6 nitrogen and oxygen atoms in total. The first-order valence-corrected chi connectivity index (χ1v) is 7.86. The third kappa shape index (κ3) is 3.80. The number of aryl methyl sites for hydroxylation is 2. The molecule has 2 aromatic carbocycles. The van der Waals surface area contributed by atoms with E-state index in [1.807, 2.05) is 19.9 Å². The number of hydrogen-bond acceptors (Lipinski definition) is 4. The summed E-state index contributed by atoms with van der Waals surface area (Å²) in [6.45, 7) is 5.26. The van der Waals surface area contributed by atoms with Crippen LogP contribution < -0.4 is 10.6 Å². The SMILES string of the molecule is CC(=O)Nc1ccc(C(=O)Nc2ccc3nc(C)c(C)nc3c2)cc1. The molecule has 0 aliphatic carbocycles. The standard InChI is InChI=1S/C19H18N4O2/c1-11-12(2)21-18-10-16(8-9-17(18)20-11)23-19(25)14-4-6-15(7-5-14)22-13(3)24/h4-10H,1-3H3,(H,22,24)(H,23,25). The quantitative estimate of drug-likeness (QED) is 0.768. The van der Waals surface area contributed by atoms with Gasteiger partial charge in [0.15, 0.2) is 0 Å². The summed E-state index contributed by atoms with van der Waals surface area (Å²) >= 11 is 0. The number of nitrogens with one attached hydrogen (secondary N) is 2. The van der Waals surface area contributed by atoms with Crippen molar-refractivity contribution in [3.63, 3.8) is 0 Å². The third-order valence-electron chi connectivity index (χ3n) is 3.80. The highest BCUT2D eigenvalue weighted by Crippen LogP contribution is 2.19. The van der Waals surface area contributed by atoms with Crippen LogP contribution in [-0.4, -0.2) is 21.8 Å². The molecule has 6 heteroatoms. The lowest BCUT2D eigenvalue weighted by Crippen LogP contribution is -2.12. The molecule has 126 valence electrons. The zero-order valence-electron chi connectivity index (χ0n) is 14.3. The molecule has 0 saturated heterocycles. The fraction of sp³-hybridized carbons (Fsp3) is 0.158. The van der Waals surface area contributed by atoms with E-state index in [1.165, 1.54) is 6.92 Å². The molecule has 2 amide bonds. The van der Waals surface area contributed by atoms with E-state index in [9.17, 15) is 9.59 Å². The van der Waals surface area contributed by atoms with Crippen molar-refractivity contribution in [1.82, 2.24) is 9.97 Å². The first-order chi connectivity index (χ1) is 11.9. The molecule has 1 aromatic heterocycles. The topological polar surface area (TPSA) is 84.0 Å². The maximum Gasteiger partial charge on any atom is 0.255 e. The van der Waals surface area contributed by atoms with E-state index in [2.05, 4.69) is 20.6 Å². The van der Waals surface area contributed by atoms with Gasteiger partial charge in [0.05, 0.1) is 22.4 Å². The van der Waals surface area contributed by atoms with Gasteiger partial charge in [-0.15, -0.1) is 0 Å². The minimum absolute atomic E-state index is 0.153. The maximum atomic E-state index is 12.4. The van der Waals surface area contributed by atoms with Crippen LogP contribution >= 0.6 is 0 Å². The van der Waals surface area contributed by atoms with Crippen molar-refractivity contribution in [2.24, 2.45) is 0 Å². The van der Waals surface area contributed by atoms with Crippen molar-refractivity contribution in [2.45, 2.75) is 20.8 Å². The van der Waals surface area contributed by atoms with Gasteiger partial charge in [-0.1, -0.05) is 0 Å². The molecule has 0 spiro atoms. The number of aromatic nitrogens is 2. The Bertz CT molecular complexity index is 965. The molecule has 1 heterocycles. The summed E-state index contributed by atoms with van der Waals surface area (Å²) in [6, 6.07) is 12.1. The van der Waals surface area contributed by atoms with Crippen LogP contribution in [0.3, 0.4) is 0 Å². The summed E-state index contributed by atoms with van der Waals surface area (Å²) in [4.78, 5) is 32.4. The zero-order valence-corrected chi connectivity index (χ0v) is 14.3. The molecule has 25 heavy (non-hydrogen) atoms. The summed E-state index contributed by atoms with van der Waals surface area (Å²) in [5.74, 6) is -0.384. The van der Waals surface area contributed by atoms with E-state index in [0.717, 1.165) is 22.4 Å². The van der Waals surface area contributed by atoms with E-state index in [-0.39, 0.29) is 11.8 Å². The lowest BCUT2D eigenvalue weighted by molar-refractivity contribution is -0.114. The van der Waals surface area contributed by atoms with Crippen molar-refractivity contribution in [2.75, 3.05) is 10.6 Å². The normalized spacial score (nSPS) is 10.5. The average molecular weight is 334 g/mol. The van der Waals surface area contributed by atoms with Crippen molar-refractivity contribution < 1.29 is 9.59 Å². The summed E-state index contributed by atoms with van der Waals surface area (Å²) < 4.78 is 0. The van der Waals surface area contributed by atoms with Gasteiger partial charge in [0.1, 0.15) is 0 Å². The van der Waals surface area contributed by atoms with E-state index < -0.39 is 0 Å². The van der Waals surface area contributed by atoms with E-state index >= 15 is 0 Å². The van der Waals surface area contributed by atoms with Crippen LogP contribution in [0.1, 0.15) is 28.7 Å². The number of amides is 2. The second-order valence-electron chi connectivity index (χ2n) is 5.81. The molecule has 0 saturated carbocycles. The summed E-state index contributed by atoms with van der Waals surface area (Å²) in [6.07, 6.45) is 0. The Hall–Kier alpha value is -3.28. The summed E-state index contributed by atoms with van der Waals surface area (Å²) in [7, 11) is 0. The molecule has 2 N–H and O–H groups in total. The minimum atomic E-state index is -0.231. The maximum absolute atomic E-state index is 12.4. The Balaban J connectivity index is 1.79. The van der Waals surface area contributed by atoms with Crippen molar-refractivity contribution >= 4 is 34.2 Å². The molecular weight excluding hydrogens is 316 g/mol. The van der Waals surface area contributed by atoms with Gasteiger partial charge in [-0.05, 0) is 56.3 Å². The number of anilines is 2. The first kappa shape index (κ1) is 16.6. The van der Waals surface area contributed by atoms with Crippen LogP contribution in [0, 0.1) is 13.8 Å². The predicted octanol–water partition coefficient (Wildman–Crippen LogP) is 3.46. The minimum Gasteiger partial charge on any atom is -0.326 e. The number of fused-ring (bicyclic) bond motifs is 1. The van der Waals surface area contributed by atoms with Crippen LogP contribution in [0.5, 0.6) is 0 Å². The van der Waals surface area contributed by atoms with Crippen LogP contribution in [0.15, 0.2) is 42.5 Å². The summed E-state index contributed by atoms with van der Waals surface area (Å²) in [5, 5.41) is 5.52.